The van der Waals surface area contributed by atoms with Gasteiger partial charge in [0.25, 0.3) is 0 Å². The number of hydrogen-bond acceptors (Lipinski definition) is 4. The van der Waals surface area contributed by atoms with Crippen LogP contribution in [0.15, 0.2) is 11.1 Å². The van der Waals surface area contributed by atoms with E-state index in [0.717, 1.165) is 37.0 Å². The number of esters is 2. The molecule has 4 nitrogen and oxygen atoms in total. The van der Waals surface area contributed by atoms with Crippen LogP contribution in [0.3, 0.4) is 0 Å². The molecule has 1 fully saturated rings. The van der Waals surface area contributed by atoms with E-state index in [0.29, 0.717) is 5.92 Å². The second-order valence-electron chi connectivity index (χ2n) is 5.35. The van der Waals surface area contributed by atoms with Gasteiger partial charge in [-0.1, -0.05) is 19.3 Å². The Morgan fingerprint density at radius 1 is 1.00 bits per heavy atom. The van der Waals surface area contributed by atoms with Crippen molar-refractivity contribution < 1.29 is 19.1 Å². The van der Waals surface area contributed by atoms with Gasteiger partial charge in [0, 0.05) is 5.57 Å². The number of ether oxygens (including phenoxy) is 2. The number of carbonyl (C=O) groups is 2. The maximum atomic E-state index is 12.0. The van der Waals surface area contributed by atoms with Gasteiger partial charge in [-0.05, 0) is 29.7 Å². The van der Waals surface area contributed by atoms with E-state index in [-0.39, 0.29) is 16.5 Å². The van der Waals surface area contributed by atoms with Gasteiger partial charge in [0.05, 0.1) is 26.7 Å². The van der Waals surface area contributed by atoms with Crippen molar-refractivity contribution in [2.45, 2.75) is 32.1 Å². The molecule has 20 heavy (non-hydrogen) atoms. The van der Waals surface area contributed by atoms with Gasteiger partial charge in [0.2, 0.25) is 0 Å². The third-order valence-corrected chi connectivity index (χ3v) is 4.53. The Bertz CT molecular complexity index is 363. The molecule has 0 bridgehead atoms. The van der Waals surface area contributed by atoms with Crippen molar-refractivity contribution in [3.63, 3.8) is 0 Å². The van der Waals surface area contributed by atoms with Gasteiger partial charge in [-0.3, -0.25) is 0 Å². The topological polar surface area (TPSA) is 52.6 Å². The van der Waals surface area contributed by atoms with Crippen LogP contribution in [0, 0.1) is 5.92 Å². The summed E-state index contributed by atoms with van der Waals surface area (Å²) in [5.41, 5.74) is 1.07. The van der Waals surface area contributed by atoms with E-state index in [1.54, 1.807) is 0 Å². The van der Waals surface area contributed by atoms with E-state index in [2.05, 4.69) is 12.5 Å². The summed E-state index contributed by atoms with van der Waals surface area (Å²) in [5, 5.41) is 0. The number of rotatable bonds is 5. The predicted octanol–water partition coefficient (Wildman–Crippen LogP) is 2.09. The first kappa shape index (κ1) is 17.1. The lowest BCUT2D eigenvalue weighted by Crippen LogP contribution is -2.26. The molecule has 5 heteroatoms. The highest BCUT2D eigenvalue weighted by atomic mass is 32.2. The summed E-state index contributed by atoms with van der Waals surface area (Å²) in [6.45, 7) is 0. The van der Waals surface area contributed by atoms with E-state index >= 15 is 0 Å². The molecule has 0 unspecified atom stereocenters. The summed E-state index contributed by atoms with van der Waals surface area (Å²) < 4.78 is 9.59. The molecule has 1 aliphatic carbocycles. The molecule has 0 N–H and O–H groups in total. The molecule has 0 aromatic rings. The fourth-order valence-electron chi connectivity index (χ4n) is 2.71. The van der Waals surface area contributed by atoms with Crippen LogP contribution in [0.1, 0.15) is 32.1 Å². The molecule has 1 aliphatic rings. The van der Waals surface area contributed by atoms with Crippen LogP contribution in [-0.4, -0.2) is 44.4 Å². The molecule has 0 aromatic heterocycles. The fraction of sp³-hybridized carbons (Fsp3) is 0.733. The predicted molar refractivity (Wildman–Crippen MR) is 81.7 cm³/mol. The third kappa shape index (κ3) is 4.54. The summed E-state index contributed by atoms with van der Waals surface area (Å²) in [7, 11) is 2.74. The van der Waals surface area contributed by atoms with Crippen molar-refractivity contribution >= 4 is 22.8 Å². The van der Waals surface area contributed by atoms with Gasteiger partial charge in [-0.2, -0.15) is 0 Å². The standard InChI is InChI=1S/C15H25O4S/c1-18-14(16)13(15(17)19-2)12(10-20(3)4)11-8-6-5-7-9-11/h11H,5-10H2,1-4H3/q+1. The highest BCUT2D eigenvalue weighted by molar-refractivity contribution is 7.95. The Morgan fingerprint density at radius 3 is 1.90 bits per heavy atom. The maximum Gasteiger partial charge on any atom is 0.345 e. The summed E-state index contributed by atoms with van der Waals surface area (Å²) in [6.07, 6.45) is 9.88. The average Bonchev–Trinajstić information content (AvgIpc) is 2.46. The molecule has 114 valence electrons. The molecule has 1 saturated carbocycles. The van der Waals surface area contributed by atoms with Crippen molar-refractivity contribution in [2.24, 2.45) is 5.92 Å². The Kier molecular flexibility index (Phi) is 7.13. The molecule has 0 aliphatic heterocycles. The van der Waals surface area contributed by atoms with Gasteiger partial charge in [-0.15, -0.1) is 0 Å². The number of carbonyl (C=O) groups excluding carboxylic acids is 2. The smallest absolute Gasteiger partial charge is 0.345 e. The van der Waals surface area contributed by atoms with Crippen LogP contribution in [0.2, 0.25) is 0 Å². The first-order valence-electron chi connectivity index (χ1n) is 6.95. The Hall–Kier alpha value is -0.970. The lowest BCUT2D eigenvalue weighted by atomic mass is 9.82. The Morgan fingerprint density at radius 2 is 1.50 bits per heavy atom. The monoisotopic (exact) mass is 301 g/mol. The lowest BCUT2D eigenvalue weighted by Gasteiger charge is -2.25. The number of methoxy groups -OCH3 is 2. The zero-order valence-corrected chi connectivity index (χ0v) is 13.7. The van der Waals surface area contributed by atoms with Crippen molar-refractivity contribution in [1.29, 1.82) is 0 Å². The zero-order chi connectivity index (χ0) is 15.1. The molecular formula is C15H25O4S+. The van der Waals surface area contributed by atoms with Crippen LogP contribution < -0.4 is 0 Å². The fourth-order valence-corrected chi connectivity index (χ4v) is 3.71. The highest BCUT2D eigenvalue weighted by Gasteiger charge is 2.32. The van der Waals surface area contributed by atoms with Crippen molar-refractivity contribution in [1.82, 2.24) is 0 Å². The Labute approximate surface area is 124 Å². The normalized spacial score (nSPS) is 15.8. The van der Waals surface area contributed by atoms with Crippen LogP contribution in [-0.2, 0) is 30.0 Å². The largest absolute Gasteiger partial charge is 0.465 e. The average molecular weight is 301 g/mol. The molecule has 0 saturated heterocycles. The maximum absolute atomic E-state index is 12.0. The minimum Gasteiger partial charge on any atom is -0.465 e. The molecule has 0 radical (unpaired) electrons. The van der Waals surface area contributed by atoms with Gasteiger partial charge in [-0.25, -0.2) is 9.59 Å². The summed E-state index contributed by atoms with van der Waals surface area (Å²) >= 11 is 0. The quantitative estimate of drug-likeness (QED) is 0.256. The van der Waals surface area contributed by atoms with Crippen LogP contribution in [0.4, 0.5) is 0 Å². The molecule has 0 heterocycles. The van der Waals surface area contributed by atoms with Crippen molar-refractivity contribution in [3.8, 4) is 0 Å². The Balaban J connectivity index is 3.20. The molecule has 1 rings (SSSR count). The van der Waals surface area contributed by atoms with Crippen LogP contribution in [0.5, 0.6) is 0 Å². The zero-order valence-electron chi connectivity index (χ0n) is 12.9. The van der Waals surface area contributed by atoms with E-state index in [1.165, 1.54) is 20.6 Å². The second kappa shape index (κ2) is 8.35. The van der Waals surface area contributed by atoms with E-state index in [1.807, 2.05) is 0 Å². The van der Waals surface area contributed by atoms with E-state index in [9.17, 15) is 9.59 Å². The summed E-state index contributed by atoms with van der Waals surface area (Å²) in [4.78, 5) is 24.0. The van der Waals surface area contributed by atoms with Crippen molar-refractivity contribution in [3.05, 3.63) is 11.1 Å². The molecule has 0 atom stereocenters. The first-order chi connectivity index (χ1) is 9.51. The third-order valence-electron chi connectivity index (χ3n) is 3.64. The van der Waals surface area contributed by atoms with Gasteiger partial charge in [0.1, 0.15) is 11.3 Å². The van der Waals surface area contributed by atoms with Crippen LogP contribution >= 0.6 is 0 Å². The van der Waals surface area contributed by atoms with Gasteiger partial charge < -0.3 is 9.47 Å². The molecular weight excluding hydrogens is 276 g/mol. The molecule has 0 aromatic carbocycles. The first-order valence-corrected chi connectivity index (χ1v) is 9.16. The molecule has 0 spiro atoms. The van der Waals surface area contributed by atoms with Crippen molar-refractivity contribution in [2.75, 3.05) is 32.5 Å². The second-order valence-corrected chi connectivity index (χ2v) is 7.61. The summed E-state index contributed by atoms with van der Waals surface area (Å²) in [6, 6.07) is 0. The minimum absolute atomic E-state index is 0.122. The van der Waals surface area contributed by atoms with Gasteiger partial charge in [0.15, 0.2) is 0 Å². The highest BCUT2D eigenvalue weighted by Crippen LogP contribution is 2.32. The summed E-state index contributed by atoms with van der Waals surface area (Å²) in [5.74, 6) is -0.0536. The van der Waals surface area contributed by atoms with E-state index in [4.69, 9.17) is 9.47 Å². The lowest BCUT2D eigenvalue weighted by molar-refractivity contribution is -0.144. The van der Waals surface area contributed by atoms with Gasteiger partial charge >= 0.3 is 11.9 Å². The minimum atomic E-state index is -0.567. The molecule has 0 amide bonds. The number of hydrogen-bond donors (Lipinski definition) is 0. The van der Waals surface area contributed by atoms with Crippen LogP contribution in [0.25, 0.3) is 0 Å². The SMILES string of the molecule is COC(=O)C(C(=O)OC)=C(C[S+](C)C)C1CCCCC1. The van der Waals surface area contributed by atoms with E-state index < -0.39 is 11.9 Å².